The molecule has 8 nitrogen and oxygen atoms in total. The van der Waals surface area contributed by atoms with Gasteiger partial charge in [0.2, 0.25) is 0 Å². The Morgan fingerprint density at radius 3 is 1.85 bits per heavy atom. The van der Waals surface area contributed by atoms with Crippen LogP contribution in [0.25, 0.3) is 0 Å². The molecule has 2 N–H and O–H groups in total. The van der Waals surface area contributed by atoms with E-state index in [0.717, 1.165) is 39.0 Å². The topological polar surface area (TPSA) is 87.3 Å². The first-order valence-corrected chi connectivity index (χ1v) is 9.69. The summed E-state index contributed by atoms with van der Waals surface area (Å²) in [5, 5.41) is 6.62. The van der Waals surface area contributed by atoms with Gasteiger partial charge in [-0.25, -0.2) is 0 Å². The molecule has 1 aliphatic carbocycles. The number of hydrogen-bond acceptors (Lipinski definition) is 8. The zero-order valence-electron chi connectivity index (χ0n) is 15.9. The highest BCUT2D eigenvalue weighted by atomic mass is 16.5. The van der Waals surface area contributed by atoms with Gasteiger partial charge in [-0.05, 0) is 18.8 Å². The molecular weight excluding hydrogens is 340 g/mol. The van der Waals surface area contributed by atoms with Crippen LogP contribution in [-0.4, -0.2) is 90.6 Å². The number of carbonyl (C=O) groups excluding carboxylic acids is 1. The third-order valence-corrected chi connectivity index (χ3v) is 4.51. The van der Waals surface area contributed by atoms with Gasteiger partial charge >= 0.3 is 5.97 Å². The lowest BCUT2D eigenvalue weighted by molar-refractivity contribution is -0.142. The second-order valence-electron chi connectivity index (χ2n) is 6.68. The van der Waals surface area contributed by atoms with E-state index in [0.29, 0.717) is 52.2 Å². The summed E-state index contributed by atoms with van der Waals surface area (Å²) in [5.41, 5.74) is 0. The predicted octanol–water partition coefficient (Wildman–Crippen LogP) is -0.0441. The van der Waals surface area contributed by atoms with Crippen LogP contribution in [0.1, 0.15) is 19.8 Å². The van der Waals surface area contributed by atoms with Crippen molar-refractivity contribution in [2.75, 3.05) is 72.4 Å². The highest BCUT2D eigenvalue weighted by molar-refractivity contribution is 5.65. The summed E-state index contributed by atoms with van der Waals surface area (Å²) in [6.45, 7) is 8.87. The third-order valence-electron chi connectivity index (χ3n) is 4.51. The molecule has 0 aromatic rings. The minimum absolute atomic E-state index is 0.0517. The summed E-state index contributed by atoms with van der Waals surface area (Å²) in [5.74, 6) is 0.0627. The monoisotopic (exact) mass is 374 g/mol. The van der Waals surface area contributed by atoms with Crippen molar-refractivity contribution in [3.63, 3.8) is 0 Å². The SMILES string of the molecule is CC(=O)OCC1CC2OCCNCCOCCOCCNCCOC2C1. The van der Waals surface area contributed by atoms with Crippen LogP contribution in [0.4, 0.5) is 0 Å². The van der Waals surface area contributed by atoms with E-state index >= 15 is 0 Å². The molecule has 1 saturated heterocycles. The summed E-state index contributed by atoms with van der Waals surface area (Å²) in [6.07, 6.45) is 1.83. The first-order valence-electron chi connectivity index (χ1n) is 9.69. The molecule has 1 aliphatic heterocycles. The molecule has 0 radical (unpaired) electrons. The molecule has 2 atom stereocenters. The van der Waals surface area contributed by atoms with Crippen molar-refractivity contribution >= 4 is 5.97 Å². The number of ether oxygens (including phenoxy) is 5. The highest BCUT2D eigenvalue weighted by Gasteiger charge is 2.36. The van der Waals surface area contributed by atoms with E-state index in [9.17, 15) is 4.79 Å². The Balaban J connectivity index is 1.75. The molecule has 1 saturated carbocycles. The number of carbonyl (C=O) groups is 1. The van der Waals surface area contributed by atoms with Crippen molar-refractivity contribution < 1.29 is 28.5 Å². The standard InChI is InChI=1S/C18H34N2O6/c1-15(21)26-14-16-12-17-18(13-16)25-9-5-20-3-7-23-11-10-22-6-2-19-4-8-24-17/h16-20H,2-14H2,1H3. The molecule has 0 aromatic heterocycles. The number of fused-ring (bicyclic) bond motifs is 1. The Kier molecular flexibility index (Phi) is 11.1. The van der Waals surface area contributed by atoms with Crippen LogP contribution in [0.2, 0.25) is 0 Å². The molecule has 2 aliphatic rings. The van der Waals surface area contributed by atoms with Gasteiger partial charge < -0.3 is 34.3 Å². The molecule has 26 heavy (non-hydrogen) atoms. The van der Waals surface area contributed by atoms with Crippen molar-refractivity contribution in [1.82, 2.24) is 10.6 Å². The Morgan fingerprint density at radius 2 is 1.35 bits per heavy atom. The number of hydrogen-bond donors (Lipinski definition) is 2. The third kappa shape index (κ3) is 9.25. The lowest BCUT2D eigenvalue weighted by Gasteiger charge is -2.21. The Hall–Kier alpha value is -0.770. The summed E-state index contributed by atoms with van der Waals surface area (Å²) < 4.78 is 28.2. The van der Waals surface area contributed by atoms with Crippen LogP contribution in [0.15, 0.2) is 0 Å². The van der Waals surface area contributed by atoms with E-state index in [1.807, 2.05) is 0 Å². The minimum Gasteiger partial charge on any atom is -0.466 e. The normalized spacial score (nSPS) is 30.7. The van der Waals surface area contributed by atoms with Gasteiger partial charge in [-0.1, -0.05) is 0 Å². The van der Waals surface area contributed by atoms with Crippen molar-refractivity contribution in [2.45, 2.75) is 32.0 Å². The molecule has 8 heteroatoms. The van der Waals surface area contributed by atoms with Gasteiger partial charge in [0, 0.05) is 33.1 Å². The Labute approximate surface area is 156 Å². The average molecular weight is 374 g/mol. The first kappa shape index (κ1) is 21.5. The van der Waals surface area contributed by atoms with Crippen LogP contribution in [0, 0.1) is 5.92 Å². The fraction of sp³-hybridized carbons (Fsp3) is 0.944. The second kappa shape index (κ2) is 13.4. The number of rotatable bonds is 2. The zero-order valence-corrected chi connectivity index (χ0v) is 15.9. The Morgan fingerprint density at radius 1 is 0.846 bits per heavy atom. The van der Waals surface area contributed by atoms with Gasteiger partial charge in [0.1, 0.15) is 0 Å². The molecule has 2 fully saturated rings. The lowest BCUT2D eigenvalue weighted by atomic mass is 10.1. The van der Waals surface area contributed by atoms with Crippen molar-refractivity contribution in [1.29, 1.82) is 0 Å². The molecule has 2 unspecified atom stereocenters. The van der Waals surface area contributed by atoms with Gasteiger partial charge in [0.25, 0.3) is 0 Å². The summed E-state index contributed by atoms with van der Waals surface area (Å²) in [4.78, 5) is 11.0. The van der Waals surface area contributed by atoms with Gasteiger partial charge in [0.05, 0.1) is 58.5 Å². The van der Waals surface area contributed by atoms with Crippen molar-refractivity contribution in [3.05, 3.63) is 0 Å². The van der Waals surface area contributed by atoms with Gasteiger partial charge in [-0.15, -0.1) is 0 Å². The maximum atomic E-state index is 11.0. The summed E-state index contributed by atoms with van der Waals surface area (Å²) in [7, 11) is 0. The molecule has 2 rings (SSSR count). The second-order valence-corrected chi connectivity index (χ2v) is 6.68. The van der Waals surface area contributed by atoms with E-state index in [4.69, 9.17) is 23.7 Å². The van der Waals surface area contributed by atoms with Gasteiger partial charge in [0.15, 0.2) is 0 Å². The van der Waals surface area contributed by atoms with Crippen LogP contribution in [0.3, 0.4) is 0 Å². The molecule has 0 amide bonds. The molecule has 0 aromatic carbocycles. The summed E-state index contributed by atoms with van der Waals surface area (Å²) in [6, 6.07) is 0. The van der Waals surface area contributed by atoms with Crippen LogP contribution in [-0.2, 0) is 28.5 Å². The fourth-order valence-electron chi connectivity index (χ4n) is 3.20. The highest BCUT2D eigenvalue weighted by Crippen LogP contribution is 2.30. The predicted molar refractivity (Wildman–Crippen MR) is 96.2 cm³/mol. The van der Waals surface area contributed by atoms with E-state index < -0.39 is 0 Å². The molecule has 0 spiro atoms. The van der Waals surface area contributed by atoms with Gasteiger partial charge in [-0.3, -0.25) is 4.79 Å². The zero-order chi connectivity index (χ0) is 18.5. The fourth-order valence-corrected chi connectivity index (χ4v) is 3.20. The average Bonchev–Trinajstić information content (AvgIpc) is 3.01. The maximum absolute atomic E-state index is 11.0. The minimum atomic E-state index is -0.234. The largest absolute Gasteiger partial charge is 0.466 e. The van der Waals surface area contributed by atoms with Crippen molar-refractivity contribution in [3.8, 4) is 0 Å². The summed E-state index contributed by atoms with van der Waals surface area (Å²) >= 11 is 0. The maximum Gasteiger partial charge on any atom is 0.302 e. The van der Waals surface area contributed by atoms with Crippen LogP contribution >= 0.6 is 0 Å². The van der Waals surface area contributed by atoms with Crippen LogP contribution in [0.5, 0.6) is 0 Å². The lowest BCUT2D eigenvalue weighted by Crippen LogP contribution is -2.33. The van der Waals surface area contributed by atoms with Gasteiger partial charge in [-0.2, -0.15) is 0 Å². The molecular formula is C18H34N2O6. The van der Waals surface area contributed by atoms with E-state index in [1.165, 1.54) is 6.92 Å². The smallest absolute Gasteiger partial charge is 0.302 e. The van der Waals surface area contributed by atoms with E-state index in [-0.39, 0.29) is 18.2 Å². The quantitative estimate of drug-likeness (QED) is 0.651. The molecule has 1 heterocycles. The Bertz CT molecular complexity index is 359. The molecule has 152 valence electrons. The van der Waals surface area contributed by atoms with E-state index in [2.05, 4.69) is 10.6 Å². The number of esters is 1. The molecule has 0 bridgehead atoms. The van der Waals surface area contributed by atoms with Crippen molar-refractivity contribution in [2.24, 2.45) is 5.92 Å². The first-order chi connectivity index (χ1) is 12.8. The van der Waals surface area contributed by atoms with Crippen LogP contribution < -0.4 is 10.6 Å². The number of nitrogens with one attached hydrogen (secondary N) is 2. The van der Waals surface area contributed by atoms with E-state index in [1.54, 1.807) is 0 Å².